The Kier molecular flexibility index (Phi) is 3.63. The lowest BCUT2D eigenvalue weighted by atomic mass is 10.1. The molecule has 2 rings (SSSR count). The standard InChI is InChI=1S/C14H13ClN2O/c1-9-13(10(2)17-16-9)7-8-14(18)11-3-5-12(15)6-4-11/h3-8H,1-2H3,(H,16,17). The van der Waals surface area contributed by atoms with E-state index in [1.165, 1.54) is 0 Å². The summed E-state index contributed by atoms with van der Waals surface area (Å²) in [6.45, 7) is 3.82. The molecule has 1 aromatic carbocycles. The minimum absolute atomic E-state index is 0.0494. The van der Waals surface area contributed by atoms with Crippen molar-refractivity contribution in [2.45, 2.75) is 13.8 Å². The molecule has 0 fully saturated rings. The van der Waals surface area contributed by atoms with Gasteiger partial charge in [-0.05, 0) is 50.3 Å². The van der Waals surface area contributed by atoms with Gasteiger partial charge in [-0.2, -0.15) is 5.10 Å². The van der Waals surface area contributed by atoms with Gasteiger partial charge in [-0.1, -0.05) is 11.6 Å². The monoisotopic (exact) mass is 260 g/mol. The summed E-state index contributed by atoms with van der Waals surface area (Å²) in [5.74, 6) is -0.0494. The Morgan fingerprint density at radius 1 is 1.28 bits per heavy atom. The van der Waals surface area contributed by atoms with E-state index < -0.39 is 0 Å². The summed E-state index contributed by atoms with van der Waals surface area (Å²) in [5, 5.41) is 7.57. The minimum atomic E-state index is -0.0494. The van der Waals surface area contributed by atoms with Crippen LogP contribution in [0.4, 0.5) is 0 Å². The zero-order valence-corrected chi connectivity index (χ0v) is 11.0. The molecule has 3 nitrogen and oxygen atoms in total. The second-order valence-electron chi connectivity index (χ2n) is 4.05. The molecule has 0 bridgehead atoms. The number of aromatic amines is 1. The van der Waals surface area contributed by atoms with Gasteiger partial charge in [0.1, 0.15) is 0 Å². The first kappa shape index (κ1) is 12.6. The number of nitrogens with zero attached hydrogens (tertiary/aromatic N) is 1. The van der Waals surface area contributed by atoms with Crippen LogP contribution in [0, 0.1) is 13.8 Å². The third kappa shape index (κ3) is 2.68. The molecule has 92 valence electrons. The molecular formula is C14H13ClN2O. The molecule has 1 N–H and O–H groups in total. The van der Waals surface area contributed by atoms with E-state index in [1.807, 2.05) is 13.8 Å². The number of aromatic nitrogens is 2. The number of halogens is 1. The van der Waals surface area contributed by atoms with E-state index in [0.29, 0.717) is 10.6 Å². The normalized spacial score (nSPS) is 11.1. The summed E-state index contributed by atoms with van der Waals surface area (Å²) in [6.07, 6.45) is 3.33. The Labute approximate surface area is 110 Å². The van der Waals surface area contributed by atoms with Gasteiger partial charge in [0.25, 0.3) is 0 Å². The van der Waals surface area contributed by atoms with Crippen molar-refractivity contribution >= 4 is 23.5 Å². The first-order valence-electron chi connectivity index (χ1n) is 5.57. The number of carbonyl (C=O) groups excluding carboxylic acids is 1. The Morgan fingerprint density at radius 2 is 1.94 bits per heavy atom. The summed E-state index contributed by atoms with van der Waals surface area (Å²) >= 11 is 5.77. The van der Waals surface area contributed by atoms with Crippen molar-refractivity contribution in [3.05, 3.63) is 57.9 Å². The molecule has 0 aliphatic rings. The number of hydrogen-bond acceptors (Lipinski definition) is 2. The fourth-order valence-corrected chi connectivity index (χ4v) is 1.80. The average molecular weight is 261 g/mol. The molecule has 18 heavy (non-hydrogen) atoms. The van der Waals surface area contributed by atoms with Crippen LogP contribution in [0.2, 0.25) is 5.02 Å². The molecule has 0 atom stereocenters. The molecule has 0 amide bonds. The molecule has 0 aliphatic carbocycles. The molecule has 0 radical (unpaired) electrons. The van der Waals surface area contributed by atoms with Crippen LogP contribution in [0.15, 0.2) is 30.3 Å². The number of carbonyl (C=O) groups is 1. The SMILES string of the molecule is Cc1n[nH]c(C)c1C=CC(=O)c1ccc(Cl)cc1. The lowest BCUT2D eigenvalue weighted by molar-refractivity contribution is 0.104. The molecule has 0 aliphatic heterocycles. The van der Waals surface area contributed by atoms with Crippen LogP contribution in [0.25, 0.3) is 6.08 Å². The van der Waals surface area contributed by atoms with Gasteiger partial charge in [-0.15, -0.1) is 0 Å². The molecule has 2 aromatic rings. The number of aryl methyl sites for hydroxylation is 2. The Morgan fingerprint density at radius 3 is 2.50 bits per heavy atom. The minimum Gasteiger partial charge on any atom is -0.289 e. The van der Waals surface area contributed by atoms with E-state index in [0.717, 1.165) is 17.0 Å². The van der Waals surface area contributed by atoms with Gasteiger partial charge < -0.3 is 0 Å². The topological polar surface area (TPSA) is 45.8 Å². The number of H-pyrrole nitrogens is 1. The highest BCUT2D eigenvalue weighted by atomic mass is 35.5. The number of hydrogen-bond donors (Lipinski definition) is 1. The maximum Gasteiger partial charge on any atom is 0.185 e. The third-order valence-electron chi connectivity index (χ3n) is 2.72. The second-order valence-corrected chi connectivity index (χ2v) is 4.49. The molecule has 1 heterocycles. The van der Waals surface area contributed by atoms with Crippen molar-refractivity contribution in [3.8, 4) is 0 Å². The fourth-order valence-electron chi connectivity index (χ4n) is 1.67. The number of allylic oxidation sites excluding steroid dienone is 1. The number of nitrogens with one attached hydrogen (secondary N) is 1. The Balaban J connectivity index is 2.19. The lowest BCUT2D eigenvalue weighted by Crippen LogP contribution is -1.93. The molecular weight excluding hydrogens is 248 g/mol. The van der Waals surface area contributed by atoms with Crippen molar-refractivity contribution in [2.24, 2.45) is 0 Å². The molecule has 0 spiro atoms. The second kappa shape index (κ2) is 5.19. The van der Waals surface area contributed by atoms with Crippen LogP contribution in [0.3, 0.4) is 0 Å². The van der Waals surface area contributed by atoms with E-state index in [1.54, 1.807) is 36.4 Å². The fraction of sp³-hybridized carbons (Fsp3) is 0.143. The first-order chi connectivity index (χ1) is 8.58. The smallest absolute Gasteiger partial charge is 0.185 e. The first-order valence-corrected chi connectivity index (χ1v) is 5.95. The van der Waals surface area contributed by atoms with Crippen LogP contribution in [-0.4, -0.2) is 16.0 Å². The molecule has 0 saturated carbocycles. The van der Waals surface area contributed by atoms with Crippen molar-refractivity contribution in [3.63, 3.8) is 0 Å². The average Bonchev–Trinajstić information content (AvgIpc) is 2.67. The van der Waals surface area contributed by atoms with Gasteiger partial charge >= 0.3 is 0 Å². The maximum absolute atomic E-state index is 11.9. The number of rotatable bonds is 3. The van der Waals surface area contributed by atoms with E-state index in [9.17, 15) is 4.79 Å². The van der Waals surface area contributed by atoms with Gasteiger partial charge in [0, 0.05) is 21.8 Å². The van der Waals surface area contributed by atoms with Crippen molar-refractivity contribution in [1.29, 1.82) is 0 Å². The number of ketones is 1. The van der Waals surface area contributed by atoms with Crippen molar-refractivity contribution in [2.75, 3.05) is 0 Å². The molecule has 1 aromatic heterocycles. The Bertz CT molecular complexity index is 577. The molecule has 0 unspecified atom stereocenters. The van der Waals surface area contributed by atoms with Gasteiger partial charge in [0.05, 0.1) is 5.69 Å². The molecule has 0 saturated heterocycles. The highest BCUT2D eigenvalue weighted by molar-refractivity contribution is 6.30. The largest absolute Gasteiger partial charge is 0.289 e. The van der Waals surface area contributed by atoms with Gasteiger partial charge in [0.2, 0.25) is 0 Å². The highest BCUT2D eigenvalue weighted by Gasteiger charge is 2.04. The van der Waals surface area contributed by atoms with E-state index >= 15 is 0 Å². The van der Waals surface area contributed by atoms with Gasteiger partial charge in [-0.25, -0.2) is 0 Å². The number of benzene rings is 1. The summed E-state index contributed by atoms with van der Waals surface area (Å²) < 4.78 is 0. The summed E-state index contributed by atoms with van der Waals surface area (Å²) in [6, 6.07) is 6.84. The Hall–Kier alpha value is -1.87. The van der Waals surface area contributed by atoms with Crippen molar-refractivity contribution in [1.82, 2.24) is 10.2 Å². The summed E-state index contributed by atoms with van der Waals surface area (Å²) in [4.78, 5) is 11.9. The summed E-state index contributed by atoms with van der Waals surface area (Å²) in [5.41, 5.74) is 3.41. The predicted molar refractivity (Wildman–Crippen MR) is 72.9 cm³/mol. The van der Waals surface area contributed by atoms with E-state index in [-0.39, 0.29) is 5.78 Å². The van der Waals surface area contributed by atoms with Crippen LogP contribution in [0.5, 0.6) is 0 Å². The zero-order chi connectivity index (χ0) is 13.1. The van der Waals surface area contributed by atoms with E-state index in [2.05, 4.69) is 10.2 Å². The molecule has 4 heteroatoms. The summed E-state index contributed by atoms with van der Waals surface area (Å²) in [7, 11) is 0. The predicted octanol–water partition coefficient (Wildman–Crippen LogP) is 3.58. The van der Waals surface area contributed by atoms with Crippen LogP contribution in [0.1, 0.15) is 27.3 Å². The highest BCUT2D eigenvalue weighted by Crippen LogP contribution is 2.13. The third-order valence-corrected chi connectivity index (χ3v) is 2.97. The van der Waals surface area contributed by atoms with E-state index in [4.69, 9.17) is 11.6 Å². The van der Waals surface area contributed by atoms with Crippen LogP contribution < -0.4 is 0 Å². The van der Waals surface area contributed by atoms with Gasteiger partial charge in [0.15, 0.2) is 5.78 Å². The maximum atomic E-state index is 11.9. The quantitative estimate of drug-likeness (QED) is 0.677. The van der Waals surface area contributed by atoms with Crippen molar-refractivity contribution < 1.29 is 4.79 Å². The van der Waals surface area contributed by atoms with Gasteiger partial charge in [-0.3, -0.25) is 9.89 Å². The van der Waals surface area contributed by atoms with Crippen LogP contribution >= 0.6 is 11.6 Å². The van der Waals surface area contributed by atoms with Crippen LogP contribution in [-0.2, 0) is 0 Å². The lowest BCUT2D eigenvalue weighted by Gasteiger charge is -1.96. The zero-order valence-electron chi connectivity index (χ0n) is 10.2.